The third kappa shape index (κ3) is 4.94. The van der Waals surface area contributed by atoms with Crippen LogP contribution in [-0.2, 0) is 16.1 Å². The summed E-state index contributed by atoms with van der Waals surface area (Å²) in [5.41, 5.74) is 6.48. The van der Waals surface area contributed by atoms with Crippen LogP contribution in [0.3, 0.4) is 0 Å². The fourth-order valence-corrected chi connectivity index (χ4v) is 5.30. The van der Waals surface area contributed by atoms with Gasteiger partial charge in [0.05, 0.1) is 13.2 Å². The summed E-state index contributed by atoms with van der Waals surface area (Å²) >= 11 is 1.67. The lowest BCUT2D eigenvalue weighted by Gasteiger charge is -2.35. The molecule has 12 heteroatoms. The van der Waals surface area contributed by atoms with Gasteiger partial charge < -0.3 is 25.4 Å². The van der Waals surface area contributed by atoms with E-state index in [0.29, 0.717) is 38.7 Å². The molecule has 2 aliphatic rings. The number of nitrogens with two attached hydrogens (primary N) is 1. The summed E-state index contributed by atoms with van der Waals surface area (Å²) in [6, 6.07) is 2.14. The molecule has 1 unspecified atom stereocenters. The topological polar surface area (TPSA) is 134 Å². The maximum absolute atomic E-state index is 12.0. The first-order valence-electron chi connectivity index (χ1n) is 11.3. The van der Waals surface area contributed by atoms with Crippen molar-refractivity contribution in [2.45, 2.75) is 25.7 Å². The van der Waals surface area contributed by atoms with E-state index in [1.807, 2.05) is 6.20 Å². The van der Waals surface area contributed by atoms with Crippen molar-refractivity contribution in [3.63, 3.8) is 0 Å². The van der Waals surface area contributed by atoms with Crippen molar-refractivity contribution >= 4 is 39.4 Å². The van der Waals surface area contributed by atoms with E-state index in [4.69, 9.17) is 15.5 Å². The molecule has 0 saturated carbocycles. The Hall–Kier alpha value is -2.93. The van der Waals surface area contributed by atoms with E-state index in [2.05, 4.69) is 30.8 Å². The lowest BCUT2D eigenvalue weighted by Crippen LogP contribution is -2.50. The van der Waals surface area contributed by atoms with Crippen LogP contribution in [0.5, 0.6) is 0 Å². The first-order chi connectivity index (χ1) is 16.5. The number of morpholine rings is 1. The summed E-state index contributed by atoms with van der Waals surface area (Å²) in [7, 11) is 0. The number of nitrogen functional groups attached to an aromatic ring is 1. The number of nitrogens with zero attached hydrogens (tertiary/aromatic N) is 7. The zero-order valence-electron chi connectivity index (χ0n) is 19.0. The average molecular weight is 485 g/mol. The molecule has 2 fully saturated rings. The summed E-state index contributed by atoms with van der Waals surface area (Å²) in [5, 5.41) is 10.5. The van der Waals surface area contributed by atoms with Gasteiger partial charge in [0.25, 0.3) is 5.91 Å². The molecule has 2 aliphatic heterocycles. The number of fused-ring (bicyclic) bond motifs is 1. The van der Waals surface area contributed by atoms with Crippen molar-refractivity contribution < 1.29 is 14.6 Å². The number of anilines is 2. The fraction of sp³-hybridized carbons (Fsp3) is 0.500. The van der Waals surface area contributed by atoms with Crippen LogP contribution in [-0.4, -0.2) is 92.7 Å². The minimum absolute atomic E-state index is 0.160. The number of rotatable bonds is 5. The minimum Gasteiger partial charge on any atom is -0.384 e. The van der Waals surface area contributed by atoms with E-state index in [-0.39, 0.29) is 18.0 Å². The molecule has 1 amide bonds. The van der Waals surface area contributed by atoms with Crippen molar-refractivity contribution in [1.29, 1.82) is 0 Å². The van der Waals surface area contributed by atoms with Gasteiger partial charge >= 0.3 is 0 Å². The lowest BCUT2D eigenvalue weighted by molar-refractivity contribution is -0.141. The van der Waals surface area contributed by atoms with Gasteiger partial charge in [-0.05, 0) is 13.0 Å². The normalized spacial score (nSPS) is 20.6. The maximum atomic E-state index is 12.0. The molecule has 3 aromatic heterocycles. The van der Waals surface area contributed by atoms with E-state index < -0.39 is 6.10 Å². The van der Waals surface area contributed by atoms with Gasteiger partial charge in [-0.2, -0.15) is 0 Å². The molecular formula is C22H28N8O3S. The highest BCUT2D eigenvalue weighted by Crippen LogP contribution is 2.29. The number of carbonyl (C=O) groups excluding carboxylic acids is 1. The van der Waals surface area contributed by atoms with Crippen molar-refractivity contribution in [2.75, 3.05) is 56.5 Å². The van der Waals surface area contributed by atoms with E-state index >= 15 is 0 Å². The van der Waals surface area contributed by atoms with Crippen molar-refractivity contribution in [3.05, 3.63) is 35.1 Å². The smallest absolute Gasteiger partial charge is 0.251 e. The van der Waals surface area contributed by atoms with Crippen LogP contribution in [0, 0.1) is 0 Å². The highest BCUT2D eigenvalue weighted by molar-refractivity contribution is 7.18. The predicted molar refractivity (Wildman–Crippen MR) is 128 cm³/mol. The van der Waals surface area contributed by atoms with Crippen LogP contribution >= 0.6 is 11.3 Å². The van der Waals surface area contributed by atoms with Crippen LogP contribution in [0.1, 0.15) is 23.5 Å². The number of amides is 1. The Kier molecular flexibility index (Phi) is 6.55. The molecule has 5 heterocycles. The molecule has 0 aromatic carbocycles. The van der Waals surface area contributed by atoms with Crippen LogP contribution in [0.25, 0.3) is 10.2 Å². The first-order valence-corrected chi connectivity index (χ1v) is 12.2. The highest BCUT2D eigenvalue weighted by Gasteiger charge is 2.26. The number of carbonyl (C=O) groups is 1. The highest BCUT2D eigenvalue weighted by atomic mass is 32.1. The van der Waals surface area contributed by atoms with Crippen molar-refractivity contribution in [3.8, 4) is 0 Å². The van der Waals surface area contributed by atoms with E-state index in [1.165, 1.54) is 11.8 Å². The third-order valence-corrected chi connectivity index (χ3v) is 7.17. The molecule has 0 bridgehead atoms. The SMILES string of the molecule is CC(O)C(=O)N1CCN(Cc2cc3cnc(N4CCO[C@H](c5cnc(N)nc5)C4)nc3s2)CC1. The summed E-state index contributed by atoms with van der Waals surface area (Å²) < 4.78 is 5.91. The molecule has 0 radical (unpaired) electrons. The molecule has 2 atom stereocenters. The second kappa shape index (κ2) is 9.74. The van der Waals surface area contributed by atoms with E-state index in [0.717, 1.165) is 35.4 Å². The zero-order chi connectivity index (χ0) is 23.7. The quantitative estimate of drug-likeness (QED) is 0.532. The van der Waals surface area contributed by atoms with E-state index in [1.54, 1.807) is 28.6 Å². The molecule has 11 nitrogen and oxygen atoms in total. The molecule has 3 N–H and O–H groups in total. The van der Waals surface area contributed by atoms with Gasteiger partial charge in [0.2, 0.25) is 11.9 Å². The zero-order valence-corrected chi connectivity index (χ0v) is 19.8. The Balaban J connectivity index is 1.23. The molecule has 0 aliphatic carbocycles. The Labute approximate surface area is 201 Å². The summed E-state index contributed by atoms with van der Waals surface area (Å²) in [6.45, 7) is 7.06. The van der Waals surface area contributed by atoms with Gasteiger partial charge in [-0.15, -0.1) is 11.3 Å². The van der Waals surface area contributed by atoms with Gasteiger partial charge in [-0.3, -0.25) is 9.69 Å². The van der Waals surface area contributed by atoms with Crippen LogP contribution < -0.4 is 10.6 Å². The number of aromatic nitrogens is 4. The summed E-state index contributed by atoms with van der Waals surface area (Å²) in [5.74, 6) is 0.739. The second-order valence-electron chi connectivity index (χ2n) is 8.60. The first kappa shape index (κ1) is 22.8. The number of thiophene rings is 1. The lowest BCUT2D eigenvalue weighted by atomic mass is 10.1. The number of piperazine rings is 1. The molecule has 180 valence electrons. The number of hydrogen-bond acceptors (Lipinski definition) is 11. The summed E-state index contributed by atoms with van der Waals surface area (Å²) in [6.07, 6.45) is 4.18. The predicted octanol–water partition coefficient (Wildman–Crippen LogP) is 0.666. The number of hydrogen-bond donors (Lipinski definition) is 2. The Morgan fingerprint density at radius 3 is 2.71 bits per heavy atom. The third-order valence-electron chi connectivity index (χ3n) is 6.15. The molecule has 0 spiro atoms. The largest absolute Gasteiger partial charge is 0.384 e. The Morgan fingerprint density at radius 2 is 1.97 bits per heavy atom. The van der Waals surface area contributed by atoms with E-state index in [9.17, 15) is 9.90 Å². The average Bonchev–Trinajstić information content (AvgIpc) is 3.26. The van der Waals surface area contributed by atoms with Crippen LogP contribution in [0.15, 0.2) is 24.7 Å². The maximum Gasteiger partial charge on any atom is 0.251 e. The molecule has 34 heavy (non-hydrogen) atoms. The molecule has 2 saturated heterocycles. The summed E-state index contributed by atoms with van der Waals surface area (Å²) in [4.78, 5) is 37.9. The second-order valence-corrected chi connectivity index (χ2v) is 9.72. The minimum atomic E-state index is -0.941. The Bertz CT molecular complexity index is 1150. The van der Waals surface area contributed by atoms with Crippen LogP contribution in [0.2, 0.25) is 0 Å². The van der Waals surface area contributed by atoms with Gasteiger partial charge in [0.1, 0.15) is 17.0 Å². The molecule has 3 aromatic rings. The van der Waals surface area contributed by atoms with Crippen LogP contribution in [0.4, 0.5) is 11.9 Å². The number of aliphatic hydroxyl groups is 1. The Morgan fingerprint density at radius 1 is 1.21 bits per heavy atom. The fourth-order valence-electron chi connectivity index (χ4n) is 4.26. The number of aliphatic hydroxyl groups excluding tert-OH is 1. The van der Waals surface area contributed by atoms with Crippen molar-refractivity contribution in [2.24, 2.45) is 0 Å². The van der Waals surface area contributed by atoms with Gasteiger partial charge in [-0.25, -0.2) is 19.9 Å². The number of ether oxygens (including phenoxy) is 1. The monoisotopic (exact) mass is 484 g/mol. The molecular weight excluding hydrogens is 456 g/mol. The van der Waals surface area contributed by atoms with Gasteiger partial charge in [0.15, 0.2) is 0 Å². The standard InChI is InChI=1S/C22H28N8O3S/c1-14(31)20(32)29-4-2-28(3-5-29)12-17-8-15-9-26-22(27-19(15)34-17)30-6-7-33-18(13-30)16-10-24-21(23)25-11-16/h8-11,14,18,31H,2-7,12-13H2,1H3,(H2,23,24,25)/t14?,18-/m0/s1. The molecule has 5 rings (SSSR count). The van der Waals surface area contributed by atoms with Gasteiger partial charge in [0, 0.05) is 73.7 Å². The van der Waals surface area contributed by atoms with Gasteiger partial charge in [-0.1, -0.05) is 0 Å². The van der Waals surface area contributed by atoms with Crippen molar-refractivity contribution in [1.82, 2.24) is 29.7 Å².